The topological polar surface area (TPSA) is 96.0 Å². The summed E-state index contributed by atoms with van der Waals surface area (Å²) in [6.45, 7) is 1.73. The van der Waals surface area contributed by atoms with Crippen molar-refractivity contribution >= 4 is 35.1 Å². The maximum absolute atomic E-state index is 12.8. The number of amides is 3. The fourth-order valence-electron chi connectivity index (χ4n) is 3.59. The molecule has 1 N–H and O–H groups in total. The Labute approximate surface area is 163 Å². The van der Waals surface area contributed by atoms with Crippen LogP contribution in [0.4, 0.5) is 11.4 Å². The van der Waals surface area contributed by atoms with Gasteiger partial charge in [-0.1, -0.05) is 18.6 Å². The largest absolute Gasteiger partial charge is 0.454 e. The lowest BCUT2D eigenvalue weighted by atomic mass is 10.1. The van der Waals surface area contributed by atoms with E-state index in [0.717, 1.165) is 19.3 Å². The lowest BCUT2D eigenvalue weighted by molar-refractivity contribution is -0.151. The Kier molecular flexibility index (Phi) is 6.28. The Morgan fingerprint density at radius 3 is 2.79 bits per heavy atom. The summed E-state index contributed by atoms with van der Waals surface area (Å²) in [6.07, 6.45) is 3.25. The van der Waals surface area contributed by atoms with Gasteiger partial charge in [-0.15, -0.1) is 0 Å². The van der Waals surface area contributed by atoms with Gasteiger partial charge in [0.1, 0.15) is 6.54 Å². The average Bonchev–Trinajstić information content (AvgIpc) is 2.93. The second-order valence-electron chi connectivity index (χ2n) is 7.17. The standard InChI is InChI=1S/C20H25N3O5/c1-14-11-17(24)21-15-7-4-5-8-16(15)23(14)19(26)13-28-20(27)12-22-10-6-2-3-9-18(22)25/h4-5,7-8,14H,2-3,6,9-13H2,1H3,(H,21,24)/t14-/m0/s1. The minimum atomic E-state index is -0.603. The first-order valence-electron chi connectivity index (χ1n) is 9.60. The molecular weight excluding hydrogens is 362 g/mol. The molecule has 2 aliphatic rings. The summed E-state index contributed by atoms with van der Waals surface area (Å²) >= 11 is 0. The molecule has 0 spiro atoms. The number of hydrogen-bond donors (Lipinski definition) is 1. The summed E-state index contributed by atoms with van der Waals surface area (Å²) < 4.78 is 5.15. The van der Waals surface area contributed by atoms with Gasteiger partial charge in [-0.25, -0.2) is 0 Å². The monoisotopic (exact) mass is 387 g/mol. The minimum absolute atomic E-state index is 0.0552. The number of rotatable bonds is 4. The van der Waals surface area contributed by atoms with Gasteiger partial charge < -0.3 is 19.9 Å². The van der Waals surface area contributed by atoms with Gasteiger partial charge in [0, 0.05) is 25.4 Å². The van der Waals surface area contributed by atoms with Gasteiger partial charge >= 0.3 is 5.97 Å². The summed E-state index contributed by atoms with van der Waals surface area (Å²) in [5.74, 6) is -1.24. The molecule has 1 aromatic carbocycles. The molecule has 8 nitrogen and oxygen atoms in total. The molecule has 0 radical (unpaired) electrons. The van der Waals surface area contributed by atoms with E-state index >= 15 is 0 Å². The predicted molar refractivity (Wildman–Crippen MR) is 103 cm³/mol. The lowest BCUT2D eigenvalue weighted by Gasteiger charge is -2.27. The Hall–Kier alpha value is -2.90. The average molecular weight is 387 g/mol. The summed E-state index contributed by atoms with van der Waals surface area (Å²) in [7, 11) is 0. The highest BCUT2D eigenvalue weighted by Gasteiger charge is 2.30. The Balaban J connectivity index is 1.63. The van der Waals surface area contributed by atoms with Gasteiger partial charge in [0.05, 0.1) is 11.4 Å². The maximum atomic E-state index is 12.8. The summed E-state index contributed by atoms with van der Waals surface area (Å²) in [4.78, 5) is 51.9. The Morgan fingerprint density at radius 1 is 1.18 bits per heavy atom. The van der Waals surface area contributed by atoms with Crippen LogP contribution in [0.1, 0.15) is 39.0 Å². The van der Waals surface area contributed by atoms with Gasteiger partial charge in [-0.2, -0.15) is 0 Å². The smallest absolute Gasteiger partial charge is 0.326 e. The number of esters is 1. The van der Waals surface area contributed by atoms with E-state index in [4.69, 9.17) is 4.74 Å². The van der Waals surface area contributed by atoms with Crippen molar-refractivity contribution < 1.29 is 23.9 Å². The molecule has 0 aliphatic carbocycles. The SMILES string of the molecule is C[C@H]1CC(=O)Nc2ccccc2N1C(=O)COC(=O)CN1CCCCCC1=O. The highest BCUT2D eigenvalue weighted by Crippen LogP contribution is 2.31. The van der Waals surface area contributed by atoms with Crippen molar-refractivity contribution in [3.8, 4) is 0 Å². The fourth-order valence-corrected chi connectivity index (χ4v) is 3.59. The molecule has 0 bridgehead atoms. The van der Waals surface area contributed by atoms with Crippen LogP contribution in [-0.4, -0.2) is 54.3 Å². The zero-order valence-corrected chi connectivity index (χ0v) is 16.0. The van der Waals surface area contributed by atoms with Crippen LogP contribution in [0.15, 0.2) is 24.3 Å². The van der Waals surface area contributed by atoms with Gasteiger partial charge in [-0.05, 0) is 31.9 Å². The fraction of sp³-hybridized carbons (Fsp3) is 0.500. The van der Waals surface area contributed by atoms with E-state index in [0.29, 0.717) is 24.3 Å². The molecule has 0 unspecified atom stereocenters. The highest BCUT2D eigenvalue weighted by molar-refractivity contribution is 6.05. The zero-order chi connectivity index (χ0) is 20.1. The van der Waals surface area contributed by atoms with Crippen molar-refractivity contribution in [2.24, 2.45) is 0 Å². The molecule has 3 rings (SSSR count). The molecule has 1 aromatic rings. The number of para-hydroxylation sites is 2. The van der Waals surface area contributed by atoms with E-state index in [2.05, 4.69) is 5.32 Å². The van der Waals surface area contributed by atoms with Crippen molar-refractivity contribution in [3.63, 3.8) is 0 Å². The molecule has 0 saturated carbocycles. The van der Waals surface area contributed by atoms with Crippen LogP contribution in [-0.2, 0) is 23.9 Å². The first-order valence-corrected chi connectivity index (χ1v) is 9.60. The number of hydrogen-bond acceptors (Lipinski definition) is 5. The summed E-state index contributed by atoms with van der Waals surface area (Å²) in [5.41, 5.74) is 1.12. The number of likely N-dealkylation sites (tertiary alicyclic amines) is 1. The van der Waals surface area contributed by atoms with E-state index in [9.17, 15) is 19.2 Å². The minimum Gasteiger partial charge on any atom is -0.454 e. The Morgan fingerprint density at radius 2 is 1.96 bits per heavy atom. The molecular formula is C20H25N3O5. The summed E-state index contributed by atoms with van der Waals surface area (Å²) in [5, 5.41) is 2.78. The summed E-state index contributed by atoms with van der Waals surface area (Å²) in [6, 6.07) is 6.65. The van der Waals surface area contributed by atoms with Crippen LogP contribution in [0, 0.1) is 0 Å². The molecule has 1 saturated heterocycles. The van der Waals surface area contributed by atoms with Crippen molar-refractivity contribution in [2.75, 3.05) is 29.9 Å². The number of carbonyl (C=O) groups is 4. The third-order valence-corrected chi connectivity index (χ3v) is 4.98. The second-order valence-corrected chi connectivity index (χ2v) is 7.17. The number of ether oxygens (including phenoxy) is 1. The lowest BCUT2D eigenvalue weighted by Crippen LogP contribution is -2.42. The van der Waals surface area contributed by atoms with E-state index in [1.165, 1.54) is 9.80 Å². The molecule has 0 aromatic heterocycles. The highest BCUT2D eigenvalue weighted by atomic mass is 16.5. The zero-order valence-electron chi connectivity index (χ0n) is 16.0. The van der Waals surface area contributed by atoms with Crippen LogP contribution in [0.25, 0.3) is 0 Å². The molecule has 3 amide bonds. The molecule has 8 heteroatoms. The van der Waals surface area contributed by atoms with Crippen LogP contribution < -0.4 is 10.2 Å². The molecule has 1 fully saturated rings. The van der Waals surface area contributed by atoms with Gasteiger partial charge in [0.2, 0.25) is 11.8 Å². The number of nitrogens with zero attached hydrogens (tertiary/aromatic N) is 2. The van der Waals surface area contributed by atoms with Gasteiger partial charge in [0.25, 0.3) is 5.91 Å². The Bertz CT molecular complexity index is 779. The molecule has 1 atom stereocenters. The second kappa shape index (κ2) is 8.86. The first kappa shape index (κ1) is 19.9. The molecule has 2 aliphatic heterocycles. The number of carbonyl (C=O) groups excluding carboxylic acids is 4. The predicted octanol–water partition coefficient (Wildman–Crippen LogP) is 1.70. The van der Waals surface area contributed by atoms with Crippen LogP contribution >= 0.6 is 0 Å². The molecule has 28 heavy (non-hydrogen) atoms. The number of fused-ring (bicyclic) bond motifs is 1. The van der Waals surface area contributed by atoms with E-state index in [-0.39, 0.29) is 30.8 Å². The first-order chi connectivity index (χ1) is 13.5. The van der Waals surface area contributed by atoms with Gasteiger partial charge in [-0.3, -0.25) is 19.2 Å². The van der Waals surface area contributed by atoms with Crippen LogP contribution in [0.3, 0.4) is 0 Å². The third kappa shape index (κ3) is 4.68. The third-order valence-electron chi connectivity index (χ3n) is 4.98. The number of benzene rings is 1. The van der Waals surface area contributed by atoms with Crippen molar-refractivity contribution in [3.05, 3.63) is 24.3 Å². The van der Waals surface area contributed by atoms with Crippen molar-refractivity contribution in [1.29, 1.82) is 0 Å². The normalized spacial score (nSPS) is 20.0. The van der Waals surface area contributed by atoms with E-state index < -0.39 is 18.5 Å². The van der Waals surface area contributed by atoms with Gasteiger partial charge in [0.15, 0.2) is 6.61 Å². The van der Waals surface area contributed by atoms with Crippen LogP contribution in [0.2, 0.25) is 0 Å². The molecule has 2 heterocycles. The number of anilines is 2. The van der Waals surface area contributed by atoms with E-state index in [1.54, 1.807) is 31.2 Å². The van der Waals surface area contributed by atoms with Crippen LogP contribution in [0.5, 0.6) is 0 Å². The quantitative estimate of drug-likeness (QED) is 0.794. The number of nitrogens with one attached hydrogen (secondary N) is 1. The molecule has 150 valence electrons. The maximum Gasteiger partial charge on any atom is 0.326 e. The van der Waals surface area contributed by atoms with E-state index in [1.807, 2.05) is 0 Å². The van der Waals surface area contributed by atoms with Crippen molar-refractivity contribution in [2.45, 2.75) is 45.1 Å². The van der Waals surface area contributed by atoms with Crippen molar-refractivity contribution in [1.82, 2.24) is 4.90 Å².